The third-order valence-corrected chi connectivity index (χ3v) is 4.77. The summed E-state index contributed by atoms with van der Waals surface area (Å²) in [6.07, 6.45) is 3.69. The van der Waals surface area contributed by atoms with Gasteiger partial charge in [-0.2, -0.15) is 0 Å². The maximum Gasteiger partial charge on any atom is 0.139 e. The maximum atomic E-state index is 10.3. The van der Waals surface area contributed by atoms with Gasteiger partial charge in [0.05, 0.1) is 5.02 Å². The number of phenolic OH excluding ortho intramolecular Hbond substituents is 1. The molecule has 3 rings (SSSR count). The van der Waals surface area contributed by atoms with E-state index in [2.05, 4.69) is 10.2 Å². The van der Waals surface area contributed by atoms with Crippen LogP contribution < -0.4 is 5.32 Å². The lowest BCUT2D eigenvalue weighted by atomic mass is 9.97. The van der Waals surface area contributed by atoms with E-state index < -0.39 is 0 Å². The molecule has 0 amide bonds. The first kappa shape index (κ1) is 20.1. The molecule has 1 aromatic rings. The summed E-state index contributed by atoms with van der Waals surface area (Å²) in [5.74, 6) is 0.979. The van der Waals surface area contributed by atoms with Crippen molar-refractivity contribution in [1.82, 2.24) is 10.2 Å². The zero-order chi connectivity index (χ0) is 14.1. The zero-order valence-corrected chi connectivity index (χ0v) is 15.4. The van der Waals surface area contributed by atoms with E-state index in [4.69, 9.17) is 23.2 Å². The third-order valence-electron chi connectivity index (χ3n) is 4.26. The smallest absolute Gasteiger partial charge is 0.139 e. The first-order chi connectivity index (χ1) is 9.65. The van der Waals surface area contributed by atoms with Gasteiger partial charge in [-0.3, -0.25) is 4.90 Å². The number of nitrogens with one attached hydrogen (secondary N) is 1. The van der Waals surface area contributed by atoms with Crippen LogP contribution in [0.5, 0.6) is 5.75 Å². The van der Waals surface area contributed by atoms with Crippen molar-refractivity contribution in [3.8, 4) is 5.75 Å². The molecular weight excluding hydrogens is 366 g/mol. The second-order valence-electron chi connectivity index (χ2n) is 5.81. The second kappa shape index (κ2) is 8.81. The van der Waals surface area contributed by atoms with Gasteiger partial charge >= 0.3 is 0 Å². The Morgan fingerprint density at radius 3 is 2.41 bits per heavy atom. The van der Waals surface area contributed by atoms with Gasteiger partial charge in [0.25, 0.3) is 0 Å². The van der Waals surface area contributed by atoms with Crippen molar-refractivity contribution in [3.63, 3.8) is 0 Å². The Bertz CT molecular complexity index is 491. The molecule has 1 aromatic carbocycles. The fourth-order valence-corrected chi connectivity index (χ4v) is 3.48. The molecular formula is C15H22Cl4N2O. The molecule has 2 aliphatic rings. The molecule has 1 aliphatic heterocycles. The predicted molar refractivity (Wildman–Crippen MR) is 97.1 cm³/mol. The van der Waals surface area contributed by atoms with Crippen LogP contribution in [0.2, 0.25) is 10.0 Å². The van der Waals surface area contributed by atoms with Crippen molar-refractivity contribution in [1.29, 1.82) is 0 Å². The number of benzene rings is 1. The minimum absolute atomic E-state index is 0. The van der Waals surface area contributed by atoms with Gasteiger partial charge in [0.1, 0.15) is 5.75 Å². The Balaban J connectivity index is 0.00000121. The Morgan fingerprint density at radius 2 is 1.82 bits per heavy atom. The highest BCUT2D eigenvalue weighted by molar-refractivity contribution is 6.35. The average molecular weight is 388 g/mol. The first-order valence-electron chi connectivity index (χ1n) is 7.28. The van der Waals surface area contributed by atoms with Crippen LogP contribution in [0.3, 0.4) is 0 Å². The SMILES string of the molecule is Cl.Cl.Oc1c(Cl)cc(Cl)cc1[C@H](CC1CC1)N1CCNCC1. The molecule has 1 saturated heterocycles. The van der Waals surface area contributed by atoms with Crippen LogP contribution in [0.25, 0.3) is 0 Å². The van der Waals surface area contributed by atoms with Crippen LogP contribution in [0, 0.1) is 5.92 Å². The normalized spacial score (nSPS) is 19.9. The van der Waals surface area contributed by atoms with Crippen molar-refractivity contribution in [2.24, 2.45) is 5.92 Å². The molecule has 0 bridgehead atoms. The van der Waals surface area contributed by atoms with Crippen LogP contribution in [0.15, 0.2) is 12.1 Å². The molecule has 1 saturated carbocycles. The molecule has 3 nitrogen and oxygen atoms in total. The van der Waals surface area contributed by atoms with Crippen molar-refractivity contribution in [3.05, 3.63) is 27.7 Å². The molecule has 0 radical (unpaired) electrons. The van der Waals surface area contributed by atoms with E-state index in [-0.39, 0.29) is 36.6 Å². The Kier molecular flexibility index (Phi) is 8.07. The minimum atomic E-state index is 0. The molecule has 2 N–H and O–H groups in total. The van der Waals surface area contributed by atoms with Gasteiger partial charge in [-0.15, -0.1) is 24.8 Å². The molecule has 1 heterocycles. The number of piperazine rings is 1. The molecule has 0 aromatic heterocycles. The number of hydrogen-bond acceptors (Lipinski definition) is 3. The van der Waals surface area contributed by atoms with E-state index in [1.807, 2.05) is 6.07 Å². The highest BCUT2D eigenvalue weighted by Crippen LogP contribution is 2.44. The van der Waals surface area contributed by atoms with Gasteiger partial charge < -0.3 is 10.4 Å². The van der Waals surface area contributed by atoms with E-state index in [0.717, 1.165) is 44.1 Å². The Morgan fingerprint density at radius 1 is 1.18 bits per heavy atom. The summed E-state index contributed by atoms with van der Waals surface area (Å²) in [5, 5.41) is 14.6. The average Bonchev–Trinajstić information content (AvgIpc) is 3.25. The van der Waals surface area contributed by atoms with Gasteiger partial charge in [0, 0.05) is 42.8 Å². The minimum Gasteiger partial charge on any atom is -0.506 e. The molecule has 0 spiro atoms. The van der Waals surface area contributed by atoms with E-state index in [1.54, 1.807) is 6.07 Å². The maximum absolute atomic E-state index is 10.3. The highest BCUT2D eigenvalue weighted by atomic mass is 35.5. The predicted octanol–water partition coefficient (Wildman–Crippen LogP) is 4.29. The van der Waals surface area contributed by atoms with Gasteiger partial charge in [-0.25, -0.2) is 0 Å². The van der Waals surface area contributed by atoms with Crippen LogP contribution in [0.1, 0.15) is 30.9 Å². The molecule has 1 aliphatic carbocycles. The Hall–Kier alpha value is 0.1000. The second-order valence-corrected chi connectivity index (χ2v) is 6.65. The molecule has 126 valence electrons. The summed E-state index contributed by atoms with van der Waals surface area (Å²) in [5.41, 5.74) is 0.885. The fraction of sp³-hybridized carbons (Fsp3) is 0.600. The Labute approximate surface area is 154 Å². The summed E-state index contributed by atoms with van der Waals surface area (Å²) in [6, 6.07) is 3.70. The molecule has 1 atom stereocenters. The summed E-state index contributed by atoms with van der Waals surface area (Å²) in [4.78, 5) is 2.44. The van der Waals surface area contributed by atoms with Crippen molar-refractivity contribution in [2.75, 3.05) is 26.2 Å². The zero-order valence-electron chi connectivity index (χ0n) is 12.2. The summed E-state index contributed by atoms with van der Waals surface area (Å²) < 4.78 is 0. The highest BCUT2D eigenvalue weighted by Gasteiger charge is 2.32. The molecule has 22 heavy (non-hydrogen) atoms. The van der Waals surface area contributed by atoms with E-state index in [0.29, 0.717) is 10.0 Å². The summed E-state index contributed by atoms with van der Waals surface area (Å²) in [6.45, 7) is 3.99. The van der Waals surface area contributed by atoms with E-state index >= 15 is 0 Å². The van der Waals surface area contributed by atoms with Crippen LogP contribution >= 0.6 is 48.0 Å². The standard InChI is InChI=1S/C15H20Cl2N2O.2ClH/c16-11-8-12(15(20)13(17)9-11)14(7-10-1-2-10)19-5-3-18-4-6-19;;/h8-10,14,18,20H,1-7H2;2*1H/t14-;;/m0../s1. The number of aromatic hydroxyl groups is 1. The van der Waals surface area contributed by atoms with Crippen LogP contribution in [-0.2, 0) is 0 Å². The van der Waals surface area contributed by atoms with Crippen molar-refractivity contribution in [2.45, 2.75) is 25.3 Å². The number of hydrogen-bond donors (Lipinski definition) is 2. The quantitative estimate of drug-likeness (QED) is 0.808. The van der Waals surface area contributed by atoms with Gasteiger partial charge in [0.2, 0.25) is 0 Å². The first-order valence-corrected chi connectivity index (χ1v) is 8.03. The largest absolute Gasteiger partial charge is 0.506 e. The number of phenols is 1. The number of rotatable bonds is 4. The van der Waals surface area contributed by atoms with Gasteiger partial charge in [0.15, 0.2) is 0 Å². The van der Waals surface area contributed by atoms with Crippen LogP contribution in [0.4, 0.5) is 0 Å². The fourth-order valence-electron chi connectivity index (χ4n) is 2.98. The van der Waals surface area contributed by atoms with Crippen molar-refractivity contribution < 1.29 is 5.11 Å². The topological polar surface area (TPSA) is 35.5 Å². The van der Waals surface area contributed by atoms with Gasteiger partial charge in [-0.1, -0.05) is 36.0 Å². The third kappa shape index (κ3) is 4.80. The lowest BCUT2D eigenvalue weighted by molar-refractivity contribution is 0.158. The summed E-state index contributed by atoms with van der Waals surface area (Å²) in [7, 11) is 0. The van der Waals surface area contributed by atoms with Crippen LogP contribution in [-0.4, -0.2) is 36.2 Å². The van der Waals surface area contributed by atoms with E-state index in [1.165, 1.54) is 12.8 Å². The number of nitrogens with zero attached hydrogens (tertiary/aromatic N) is 1. The van der Waals surface area contributed by atoms with Crippen molar-refractivity contribution >= 4 is 48.0 Å². The molecule has 2 fully saturated rings. The number of halogens is 4. The van der Waals surface area contributed by atoms with E-state index in [9.17, 15) is 5.11 Å². The molecule has 0 unspecified atom stereocenters. The lowest BCUT2D eigenvalue weighted by Gasteiger charge is -2.35. The summed E-state index contributed by atoms with van der Waals surface area (Å²) >= 11 is 12.2. The monoisotopic (exact) mass is 386 g/mol. The lowest BCUT2D eigenvalue weighted by Crippen LogP contribution is -2.45. The molecule has 7 heteroatoms. The van der Waals surface area contributed by atoms with Gasteiger partial charge in [-0.05, 0) is 24.5 Å².